The van der Waals surface area contributed by atoms with Crippen molar-refractivity contribution < 1.29 is 10.1 Å². The maximum atomic E-state index is 12.1. The van der Waals surface area contributed by atoms with Crippen LogP contribution in [0.2, 0.25) is 5.02 Å². The summed E-state index contributed by atoms with van der Waals surface area (Å²) in [7, 11) is 0. The number of hydrogen-bond donors (Lipinski definition) is 2. The quantitative estimate of drug-likeness (QED) is 0.759. The van der Waals surface area contributed by atoms with E-state index in [1.807, 2.05) is 42.5 Å². The zero-order valence-electron chi connectivity index (χ0n) is 14.3. The first-order valence-corrected chi connectivity index (χ1v) is 8.83. The van der Waals surface area contributed by atoms with Crippen LogP contribution in [-0.4, -0.2) is 19.0 Å². The van der Waals surface area contributed by atoms with Gasteiger partial charge in [0.1, 0.15) is 6.04 Å². The molecule has 4 heteroatoms. The molecule has 0 aliphatic heterocycles. The first kappa shape index (κ1) is 18.5. The molecule has 3 nitrogen and oxygen atoms in total. The lowest BCUT2D eigenvalue weighted by Crippen LogP contribution is -2.88. The minimum absolute atomic E-state index is 0.0682. The second-order valence-corrected chi connectivity index (χ2v) is 6.79. The molecule has 2 rings (SSSR count). The third kappa shape index (κ3) is 5.99. The maximum absolute atomic E-state index is 12.1. The van der Waals surface area contributed by atoms with Crippen LogP contribution in [0.25, 0.3) is 0 Å². The Morgan fingerprint density at radius 3 is 2.54 bits per heavy atom. The van der Waals surface area contributed by atoms with Gasteiger partial charge in [-0.1, -0.05) is 67.9 Å². The minimum atomic E-state index is 0.0682. The van der Waals surface area contributed by atoms with Crippen molar-refractivity contribution in [3.8, 4) is 0 Å². The molecule has 1 atom stereocenters. The SMILES string of the molecule is CC(C)[C@@H]([NH2+]CC(=O)NCCc1cccc(Cl)c1)c1ccccc1. The van der Waals surface area contributed by atoms with Gasteiger partial charge in [-0.3, -0.25) is 4.79 Å². The normalized spacial score (nSPS) is 12.2. The second kappa shape index (κ2) is 9.45. The van der Waals surface area contributed by atoms with Gasteiger partial charge in [-0.25, -0.2) is 0 Å². The third-order valence-corrected chi connectivity index (χ3v) is 4.32. The average molecular weight is 346 g/mol. The van der Waals surface area contributed by atoms with Gasteiger partial charge >= 0.3 is 0 Å². The molecule has 0 saturated carbocycles. The van der Waals surface area contributed by atoms with E-state index in [-0.39, 0.29) is 5.91 Å². The van der Waals surface area contributed by atoms with Gasteiger partial charge in [0.15, 0.2) is 6.54 Å². The lowest BCUT2D eigenvalue weighted by molar-refractivity contribution is -0.692. The van der Waals surface area contributed by atoms with Crippen molar-refractivity contribution in [2.45, 2.75) is 26.3 Å². The Bertz CT molecular complexity index is 643. The summed E-state index contributed by atoms with van der Waals surface area (Å²) < 4.78 is 0. The van der Waals surface area contributed by atoms with Crippen LogP contribution in [-0.2, 0) is 11.2 Å². The molecule has 0 aliphatic rings. The third-order valence-electron chi connectivity index (χ3n) is 4.08. The number of carbonyl (C=O) groups excluding carboxylic acids is 1. The molecular weight excluding hydrogens is 320 g/mol. The molecule has 1 amide bonds. The largest absolute Gasteiger partial charge is 0.351 e. The highest BCUT2D eigenvalue weighted by Crippen LogP contribution is 2.16. The fourth-order valence-electron chi connectivity index (χ4n) is 2.81. The van der Waals surface area contributed by atoms with Crippen LogP contribution in [0.4, 0.5) is 0 Å². The number of amides is 1. The Kier molecular flexibility index (Phi) is 7.29. The topological polar surface area (TPSA) is 45.7 Å². The number of benzene rings is 2. The first-order valence-electron chi connectivity index (χ1n) is 8.45. The molecule has 0 aliphatic carbocycles. The molecule has 3 N–H and O–H groups in total. The summed E-state index contributed by atoms with van der Waals surface area (Å²) in [6, 6.07) is 18.4. The number of rotatable bonds is 8. The van der Waals surface area contributed by atoms with Crippen LogP contribution in [0.1, 0.15) is 31.0 Å². The Labute approximate surface area is 149 Å². The molecule has 0 aromatic heterocycles. The van der Waals surface area contributed by atoms with Gasteiger partial charge in [-0.15, -0.1) is 0 Å². The van der Waals surface area contributed by atoms with Crippen molar-refractivity contribution in [1.29, 1.82) is 0 Å². The lowest BCUT2D eigenvalue weighted by atomic mass is 9.96. The summed E-state index contributed by atoms with van der Waals surface area (Å²) >= 11 is 5.97. The predicted molar refractivity (Wildman–Crippen MR) is 99.0 cm³/mol. The van der Waals surface area contributed by atoms with Crippen molar-refractivity contribution >= 4 is 17.5 Å². The Morgan fingerprint density at radius 2 is 1.88 bits per heavy atom. The van der Waals surface area contributed by atoms with Gasteiger partial charge in [0.2, 0.25) is 0 Å². The molecule has 24 heavy (non-hydrogen) atoms. The van der Waals surface area contributed by atoms with Crippen molar-refractivity contribution in [2.24, 2.45) is 5.92 Å². The van der Waals surface area contributed by atoms with E-state index in [0.717, 1.165) is 17.0 Å². The van der Waals surface area contributed by atoms with E-state index in [1.165, 1.54) is 5.56 Å². The first-order chi connectivity index (χ1) is 11.6. The number of carbonyl (C=O) groups is 1. The van der Waals surface area contributed by atoms with Gasteiger partial charge < -0.3 is 10.6 Å². The van der Waals surface area contributed by atoms with E-state index >= 15 is 0 Å². The second-order valence-electron chi connectivity index (χ2n) is 6.35. The predicted octanol–water partition coefficient (Wildman–Crippen LogP) is 2.96. The van der Waals surface area contributed by atoms with E-state index in [9.17, 15) is 4.79 Å². The van der Waals surface area contributed by atoms with E-state index in [1.54, 1.807) is 0 Å². The van der Waals surface area contributed by atoms with Crippen LogP contribution >= 0.6 is 11.6 Å². The van der Waals surface area contributed by atoms with Crippen LogP contribution in [0.3, 0.4) is 0 Å². The van der Waals surface area contributed by atoms with Crippen molar-refractivity contribution in [3.63, 3.8) is 0 Å². The highest BCUT2D eigenvalue weighted by molar-refractivity contribution is 6.30. The smallest absolute Gasteiger partial charge is 0.275 e. The fourth-order valence-corrected chi connectivity index (χ4v) is 3.03. The summed E-state index contributed by atoms with van der Waals surface area (Å²) in [5, 5.41) is 5.83. The average Bonchev–Trinajstić information content (AvgIpc) is 2.56. The summed E-state index contributed by atoms with van der Waals surface area (Å²) in [6.45, 7) is 5.44. The van der Waals surface area contributed by atoms with Gasteiger partial charge in [-0.05, 0) is 24.1 Å². The van der Waals surface area contributed by atoms with Crippen LogP contribution < -0.4 is 10.6 Å². The highest BCUT2D eigenvalue weighted by Gasteiger charge is 2.19. The Morgan fingerprint density at radius 1 is 1.12 bits per heavy atom. The highest BCUT2D eigenvalue weighted by atomic mass is 35.5. The zero-order chi connectivity index (χ0) is 17.4. The summed E-state index contributed by atoms with van der Waals surface area (Å²) in [5.74, 6) is 0.533. The molecule has 2 aromatic rings. The molecule has 0 spiro atoms. The van der Waals surface area contributed by atoms with Crippen LogP contribution in [0.15, 0.2) is 54.6 Å². The number of quaternary nitrogens is 1. The maximum Gasteiger partial charge on any atom is 0.275 e. The lowest BCUT2D eigenvalue weighted by Gasteiger charge is -2.19. The van der Waals surface area contributed by atoms with E-state index in [0.29, 0.717) is 25.0 Å². The van der Waals surface area contributed by atoms with E-state index in [2.05, 4.69) is 36.6 Å². The molecule has 0 heterocycles. The Balaban J connectivity index is 1.77. The number of halogens is 1. The molecule has 0 unspecified atom stereocenters. The van der Waals surface area contributed by atoms with Crippen LogP contribution in [0.5, 0.6) is 0 Å². The summed E-state index contributed by atoms with van der Waals surface area (Å²) in [6.07, 6.45) is 0.790. The molecule has 0 saturated heterocycles. The minimum Gasteiger partial charge on any atom is -0.351 e. The number of nitrogens with one attached hydrogen (secondary N) is 1. The van der Waals surface area contributed by atoms with Gasteiger partial charge in [0.25, 0.3) is 5.91 Å². The van der Waals surface area contributed by atoms with Gasteiger partial charge in [0, 0.05) is 23.0 Å². The van der Waals surface area contributed by atoms with Gasteiger partial charge in [0.05, 0.1) is 0 Å². The summed E-state index contributed by atoms with van der Waals surface area (Å²) in [4.78, 5) is 12.1. The van der Waals surface area contributed by atoms with Crippen molar-refractivity contribution in [3.05, 3.63) is 70.7 Å². The van der Waals surface area contributed by atoms with Crippen molar-refractivity contribution in [1.82, 2.24) is 5.32 Å². The molecule has 128 valence electrons. The standard InChI is InChI=1S/C20H25ClN2O/c1-15(2)20(17-8-4-3-5-9-17)23-14-19(24)22-12-11-16-7-6-10-18(21)13-16/h3-10,13,15,20,23H,11-12,14H2,1-2H3,(H,22,24)/p+1/t20-/m1/s1. The molecular formula is C20H26ClN2O+. The van der Waals surface area contributed by atoms with Gasteiger partial charge in [-0.2, -0.15) is 0 Å². The van der Waals surface area contributed by atoms with E-state index in [4.69, 9.17) is 11.6 Å². The zero-order valence-corrected chi connectivity index (χ0v) is 15.1. The molecule has 2 aromatic carbocycles. The monoisotopic (exact) mass is 345 g/mol. The summed E-state index contributed by atoms with van der Waals surface area (Å²) in [5.41, 5.74) is 2.40. The number of nitrogens with two attached hydrogens (primary N) is 1. The van der Waals surface area contributed by atoms with Crippen molar-refractivity contribution in [2.75, 3.05) is 13.1 Å². The molecule has 0 fully saturated rings. The molecule has 0 bridgehead atoms. The Hall–Kier alpha value is -1.84. The van der Waals surface area contributed by atoms with E-state index < -0.39 is 0 Å². The molecule has 0 radical (unpaired) electrons. The number of hydrogen-bond acceptors (Lipinski definition) is 1. The fraction of sp³-hybridized carbons (Fsp3) is 0.350. The van der Waals surface area contributed by atoms with Crippen LogP contribution in [0, 0.1) is 5.92 Å².